The van der Waals surface area contributed by atoms with E-state index >= 15 is 0 Å². The second kappa shape index (κ2) is 4.85. The average Bonchev–Trinajstić information content (AvgIpc) is 3.20. The standard InChI is InChI=1S/C14H20N4O2/c1-2-11-13(19)16-5-6-17(11)14(20)12-7-9(15)8-18(12)10-3-4-10/h7-8,10-11H,2-6,15H2,1H3,(H,16,19). The zero-order chi connectivity index (χ0) is 14.3. The molecule has 1 aliphatic heterocycles. The molecular weight excluding hydrogens is 256 g/mol. The maximum atomic E-state index is 12.8. The number of nitrogens with one attached hydrogen (secondary N) is 1. The maximum Gasteiger partial charge on any atom is 0.271 e. The summed E-state index contributed by atoms with van der Waals surface area (Å²) < 4.78 is 1.97. The van der Waals surface area contributed by atoms with Crippen molar-refractivity contribution in [1.29, 1.82) is 0 Å². The quantitative estimate of drug-likeness (QED) is 0.855. The van der Waals surface area contributed by atoms with Gasteiger partial charge in [0.05, 0.1) is 5.69 Å². The van der Waals surface area contributed by atoms with Gasteiger partial charge in [-0.2, -0.15) is 0 Å². The molecule has 1 saturated heterocycles. The van der Waals surface area contributed by atoms with E-state index in [9.17, 15) is 9.59 Å². The zero-order valence-electron chi connectivity index (χ0n) is 11.6. The topological polar surface area (TPSA) is 80.4 Å². The summed E-state index contributed by atoms with van der Waals surface area (Å²) in [7, 11) is 0. The van der Waals surface area contributed by atoms with Crippen LogP contribution in [0.2, 0.25) is 0 Å². The Kier molecular flexibility index (Phi) is 3.16. The summed E-state index contributed by atoms with van der Waals surface area (Å²) in [6, 6.07) is 1.74. The summed E-state index contributed by atoms with van der Waals surface area (Å²) in [5, 5.41) is 2.81. The van der Waals surface area contributed by atoms with E-state index in [0.717, 1.165) is 12.8 Å². The lowest BCUT2D eigenvalue weighted by Crippen LogP contribution is -2.57. The van der Waals surface area contributed by atoms with Crippen LogP contribution in [0.15, 0.2) is 12.3 Å². The molecule has 1 aliphatic carbocycles. The van der Waals surface area contributed by atoms with Crippen molar-refractivity contribution < 1.29 is 9.59 Å². The lowest BCUT2D eigenvalue weighted by atomic mass is 10.1. The second-order valence-corrected chi connectivity index (χ2v) is 5.51. The molecule has 6 heteroatoms. The summed E-state index contributed by atoms with van der Waals surface area (Å²) in [6.07, 6.45) is 4.63. The molecule has 0 bridgehead atoms. The first kappa shape index (κ1) is 13.0. The highest BCUT2D eigenvalue weighted by Gasteiger charge is 2.35. The van der Waals surface area contributed by atoms with E-state index in [-0.39, 0.29) is 17.9 Å². The van der Waals surface area contributed by atoms with E-state index in [2.05, 4.69) is 5.32 Å². The lowest BCUT2D eigenvalue weighted by Gasteiger charge is -2.34. The van der Waals surface area contributed by atoms with Crippen LogP contribution in [0.5, 0.6) is 0 Å². The highest BCUT2D eigenvalue weighted by atomic mass is 16.2. The number of rotatable bonds is 3. The molecule has 1 aromatic heterocycles. The van der Waals surface area contributed by atoms with Crippen LogP contribution in [0.4, 0.5) is 5.69 Å². The second-order valence-electron chi connectivity index (χ2n) is 5.51. The van der Waals surface area contributed by atoms with Crippen LogP contribution >= 0.6 is 0 Å². The van der Waals surface area contributed by atoms with Crippen LogP contribution in [0.25, 0.3) is 0 Å². The van der Waals surface area contributed by atoms with E-state index in [1.54, 1.807) is 11.0 Å². The number of carbonyl (C=O) groups is 2. The van der Waals surface area contributed by atoms with Crippen LogP contribution < -0.4 is 11.1 Å². The Hall–Kier alpha value is -1.98. The highest BCUT2D eigenvalue weighted by molar-refractivity contribution is 5.98. The Labute approximate surface area is 117 Å². The van der Waals surface area contributed by atoms with Gasteiger partial charge in [-0.1, -0.05) is 6.92 Å². The summed E-state index contributed by atoms with van der Waals surface area (Å²) in [5.74, 6) is -0.153. The fourth-order valence-corrected chi connectivity index (χ4v) is 2.84. The van der Waals surface area contributed by atoms with Crippen LogP contribution in [0.1, 0.15) is 42.7 Å². The lowest BCUT2D eigenvalue weighted by molar-refractivity contribution is -0.127. The molecule has 1 saturated carbocycles. The fourth-order valence-electron chi connectivity index (χ4n) is 2.84. The number of hydrogen-bond acceptors (Lipinski definition) is 3. The van der Waals surface area contributed by atoms with Gasteiger partial charge in [0.1, 0.15) is 11.7 Å². The molecule has 0 radical (unpaired) electrons. The maximum absolute atomic E-state index is 12.8. The van der Waals surface area contributed by atoms with Crippen molar-refractivity contribution in [2.75, 3.05) is 18.8 Å². The number of aromatic nitrogens is 1. The van der Waals surface area contributed by atoms with Gasteiger partial charge in [0.15, 0.2) is 0 Å². The molecule has 20 heavy (non-hydrogen) atoms. The fraction of sp³-hybridized carbons (Fsp3) is 0.571. The van der Waals surface area contributed by atoms with Crippen molar-refractivity contribution in [1.82, 2.24) is 14.8 Å². The van der Waals surface area contributed by atoms with Crippen molar-refractivity contribution in [3.8, 4) is 0 Å². The van der Waals surface area contributed by atoms with Crippen molar-refractivity contribution in [3.63, 3.8) is 0 Å². The Morgan fingerprint density at radius 1 is 1.50 bits per heavy atom. The van der Waals surface area contributed by atoms with Gasteiger partial charge in [0.2, 0.25) is 5.91 Å². The monoisotopic (exact) mass is 276 g/mol. The van der Waals surface area contributed by atoms with E-state index < -0.39 is 0 Å². The SMILES string of the molecule is CCC1C(=O)NCCN1C(=O)c1cc(N)cn1C1CC1. The number of hydrogen-bond donors (Lipinski definition) is 2. The molecule has 2 fully saturated rings. The van der Waals surface area contributed by atoms with E-state index in [0.29, 0.717) is 36.9 Å². The van der Waals surface area contributed by atoms with Crippen molar-refractivity contribution in [2.24, 2.45) is 0 Å². The third-order valence-corrected chi connectivity index (χ3v) is 4.01. The smallest absolute Gasteiger partial charge is 0.271 e. The number of amides is 2. The molecule has 1 aromatic rings. The summed E-state index contributed by atoms with van der Waals surface area (Å²) in [6.45, 7) is 2.99. The first-order chi connectivity index (χ1) is 9.61. The number of nitrogens with zero attached hydrogens (tertiary/aromatic N) is 2. The Balaban J connectivity index is 1.89. The number of anilines is 1. The molecule has 1 atom stereocenters. The van der Waals surface area contributed by atoms with E-state index in [1.165, 1.54) is 0 Å². The number of nitrogen functional groups attached to an aromatic ring is 1. The molecule has 2 aliphatic rings. The summed E-state index contributed by atoms with van der Waals surface area (Å²) in [4.78, 5) is 26.3. The minimum absolute atomic E-state index is 0.0652. The molecule has 0 aromatic carbocycles. The van der Waals surface area contributed by atoms with Gasteiger partial charge < -0.3 is 20.5 Å². The summed E-state index contributed by atoms with van der Waals surface area (Å²) >= 11 is 0. The van der Waals surface area contributed by atoms with Crippen molar-refractivity contribution in [3.05, 3.63) is 18.0 Å². The normalized spacial score (nSPS) is 22.8. The molecule has 3 N–H and O–H groups in total. The molecule has 6 nitrogen and oxygen atoms in total. The molecule has 3 rings (SSSR count). The zero-order valence-corrected chi connectivity index (χ0v) is 11.6. The van der Waals surface area contributed by atoms with Gasteiger partial charge >= 0.3 is 0 Å². The number of carbonyl (C=O) groups excluding carboxylic acids is 2. The Morgan fingerprint density at radius 2 is 2.25 bits per heavy atom. The van der Waals surface area contributed by atoms with Gasteiger partial charge in [-0.15, -0.1) is 0 Å². The Bertz CT molecular complexity index is 547. The van der Waals surface area contributed by atoms with Gasteiger partial charge in [-0.05, 0) is 25.3 Å². The molecule has 0 spiro atoms. The van der Waals surface area contributed by atoms with Crippen molar-refractivity contribution in [2.45, 2.75) is 38.3 Å². The Morgan fingerprint density at radius 3 is 2.90 bits per heavy atom. The summed E-state index contributed by atoms with van der Waals surface area (Å²) in [5.41, 5.74) is 7.05. The first-order valence-electron chi connectivity index (χ1n) is 7.18. The third kappa shape index (κ3) is 2.15. The molecule has 2 heterocycles. The highest BCUT2D eigenvalue weighted by Crippen LogP contribution is 2.37. The molecule has 1 unspecified atom stereocenters. The van der Waals surface area contributed by atoms with Gasteiger partial charge in [-0.3, -0.25) is 9.59 Å². The van der Waals surface area contributed by atoms with Crippen molar-refractivity contribution >= 4 is 17.5 Å². The van der Waals surface area contributed by atoms with E-state index in [4.69, 9.17) is 5.73 Å². The van der Waals surface area contributed by atoms with Crippen LogP contribution in [0, 0.1) is 0 Å². The van der Waals surface area contributed by atoms with E-state index in [1.807, 2.05) is 17.7 Å². The molecule has 2 amide bonds. The molecular formula is C14H20N4O2. The van der Waals surface area contributed by atoms with Gasteiger partial charge in [0.25, 0.3) is 5.91 Å². The average molecular weight is 276 g/mol. The minimum Gasteiger partial charge on any atom is -0.397 e. The largest absolute Gasteiger partial charge is 0.397 e. The molecule has 108 valence electrons. The minimum atomic E-state index is -0.375. The third-order valence-electron chi connectivity index (χ3n) is 4.01. The van der Waals surface area contributed by atoms with Gasteiger partial charge in [0, 0.05) is 25.3 Å². The predicted molar refractivity (Wildman–Crippen MR) is 75.2 cm³/mol. The van der Waals surface area contributed by atoms with Crippen LogP contribution in [-0.2, 0) is 4.79 Å². The van der Waals surface area contributed by atoms with Gasteiger partial charge in [-0.25, -0.2) is 0 Å². The first-order valence-corrected chi connectivity index (χ1v) is 7.18. The predicted octanol–water partition coefficient (Wildman–Crippen LogP) is 0.756. The van der Waals surface area contributed by atoms with Crippen LogP contribution in [-0.4, -0.2) is 40.4 Å². The number of piperazine rings is 1. The van der Waals surface area contributed by atoms with Crippen LogP contribution in [0.3, 0.4) is 0 Å². The number of nitrogens with two attached hydrogens (primary N) is 1.